The Morgan fingerprint density at radius 2 is 1.94 bits per heavy atom. The van der Waals surface area contributed by atoms with E-state index in [1.807, 2.05) is 0 Å². The molecule has 1 aliphatic rings. The predicted molar refractivity (Wildman–Crippen MR) is 66.4 cm³/mol. The van der Waals surface area contributed by atoms with Gasteiger partial charge in [-0.25, -0.2) is 0 Å². The van der Waals surface area contributed by atoms with Crippen LogP contribution in [0.2, 0.25) is 0 Å². The molecule has 0 aromatic carbocycles. The molecule has 1 amide bonds. The third-order valence-electron chi connectivity index (χ3n) is 3.05. The maximum Gasteiger partial charge on any atom is 0.222 e. The summed E-state index contributed by atoms with van der Waals surface area (Å²) in [4.78, 5) is 15.3. The highest BCUT2D eigenvalue weighted by atomic mass is 16.2. The second kappa shape index (κ2) is 6.86. The molecule has 94 valence electrons. The van der Waals surface area contributed by atoms with Crippen molar-refractivity contribution >= 4 is 5.91 Å². The van der Waals surface area contributed by atoms with Crippen LogP contribution in [0.15, 0.2) is 0 Å². The van der Waals surface area contributed by atoms with E-state index in [1.165, 1.54) is 12.8 Å². The van der Waals surface area contributed by atoms with Gasteiger partial charge in [-0.15, -0.1) is 0 Å². The maximum absolute atomic E-state index is 11.3. The molecule has 4 nitrogen and oxygen atoms in total. The van der Waals surface area contributed by atoms with Crippen molar-refractivity contribution in [1.82, 2.24) is 15.1 Å². The molecule has 16 heavy (non-hydrogen) atoms. The number of likely N-dealkylation sites (N-methyl/N-ethyl adjacent to an activating group) is 1. The van der Waals surface area contributed by atoms with Gasteiger partial charge >= 0.3 is 0 Å². The Labute approximate surface area is 99.0 Å². The number of nitrogens with zero attached hydrogens (tertiary/aromatic N) is 2. The van der Waals surface area contributed by atoms with E-state index < -0.39 is 0 Å². The Morgan fingerprint density at radius 1 is 1.25 bits per heavy atom. The fourth-order valence-electron chi connectivity index (χ4n) is 1.67. The van der Waals surface area contributed by atoms with Crippen LogP contribution in [0.1, 0.15) is 25.7 Å². The van der Waals surface area contributed by atoms with E-state index in [2.05, 4.69) is 17.3 Å². The zero-order chi connectivity index (χ0) is 12.0. The van der Waals surface area contributed by atoms with Gasteiger partial charge in [-0.05, 0) is 32.9 Å². The number of nitrogens with one attached hydrogen (secondary N) is 1. The van der Waals surface area contributed by atoms with Crippen molar-refractivity contribution in [3.63, 3.8) is 0 Å². The van der Waals surface area contributed by atoms with Crippen molar-refractivity contribution in [2.24, 2.45) is 0 Å². The van der Waals surface area contributed by atoms with E-state index in [-0.39, 0.29) is 5.91 Å². The molecule has 0 spiro atoms. The first-order chi connectivity index (χ1) is 7.61. The molecule has 0 saturated heterocycles. The highest BCUT2D eigenvalue weighted by molar-refractivity contribution is 5.75. The summed E-state index contributed by atoms with van der Waals surface area (Å²) in [6.07, 6.45) is 4.32. The fraction of sp³-hybridized carbons (Fsp3) is 0.917. The van der Waals surface area contributed by atoms with Gasteiger partial charge in [0, 0.05) is 39.6 Å². The normalized spacial score (nSPS) is 15.5. The molecule has 1 saturated carbocycles. The predicted octanol–water partition coefficient (Wildman–Crippen LogP) is 0.539. The van der Waals surface area contributed by atoms with Crippen LogP contribution in [0, 0.1) is 0 Å². The first-order valence-corrected chi connectivity index (χ1v) is 6.22. The topological polar surface area (TPSA) is 35.6 Å². The molecular formula is C12H25N3O. The molecular weight excluding hydrogens is 202 g/mol. The second-order valence-electron chi connectivity index (χ2n) is 4.85. The molecule has 0 atom stereocenters. The highest BCUT2D eigenvalue weighted by Crippen LogP contribution is 2.24. The van der Waals surface area contributed by atoms with Gasteiger partial charge in [0.2, 0.25) is 5.91 Å². The van der Waals surface area contributed by atoms with Crippen molar-refractivity contribution in [3.05, 3.63) is 0 Å². The van der Waals surface area contributed by atoms with Gasteiger partial charge in [-0.2, -0.15) is 0 Å². The number of carbonyl (C=O) groups excluding carboxylic acids is 1. The summed E-state index contributed by atoms with van der Waals surface area (Å²) in [6.45, 7) is 3.09. The van der Waals surface area contributed by atoms with Crippen molar-refractivity contribution in [1.29, 1.82) is 0 Å². The summed E-state index contributed by atoms with van der Waals surface area (Å²) in [5, 5.41) is 3.38. The van der Waals surface area contributed by atoms with Gasteiger partial charge in [0.05, 0.1) is 0 Å². The number of hydrogen-bond acceptors (Lipinski definition) is 3. The third kappa shape index (κ3) is 5.47. The molecule has 0 unspecified atom stereocenters. The molecule has 1 fully saturated rings. The average Bonchev–Trinajstić information content (AvgIpc) is 3.05. The summed E-state index contributed by atoms with van der Waals surface area (Å²) in [5.74, 6) is 0.219. The van der Waals surface area contributed by atoms with Crippen molar-refractivity contribution in [2.75, 3.05) is 40.8 Å². The third-order valence-corrected chi connectivity index (χ3v) is 3.05. The van der Waals surface area contributed by atoms with Crippen LogP contribution in [0.4, 0.5) is 0 Å². The zero-order valence-corrected chi connectivity index (χ0v) is 10.8. The summed E-state index contributed by atoms with van der Waals surface area (Å²) >= 11 is 0. The van der Waals surface area contributed by atoms with Gasteiger partial charge < -0.3 is 15.1 Å². The Bertz CT molecular complexity index is 214. The monoisotopic (exact) mass is 227 g/mol. The summed E-state index contributed by atoms with van der Waals surface area (Å²) < 4.78 is 0. The largest absolute Gasteiger partial charge is 0.349 e. The van der Waals surface area contributed by atoms with Crippen molar-refractivity contribution < 1.29 is 4.79 Å². The zero-order valence-electron chi connectivity index (χ0n) is 10.8. The first-order valence-electron chi connectivity index (χ1n) is 6.22. The summed E-state index contributed by atoms with van der Waals surface area (Å²) in [5.41, 5.74) is 0. The molecule has 0 aromatic rings. The van der Waals surface area contributed by atoms with Gasteiger partial charge in [0.15, 0.2) is 0 Å². The smallest absolute Gasteiger partial charge is 0.222 e. The molecule has 4 heteroatoms. The van der Waals surface area contributed by atoms with Crippen LogP contribution in [0.25, 0.3) is 0 Å². The van der Waals surface area contributed by atoms with E-state index >= 15 is 0 Å². The van der Waals surface area contributed by atoms with E-state index in [1.54, 1.807) is 19.0 Å². The first kappa shape index (κ1) is 13.5. The lowest BCUT2D eigenvalue weighted by molar-refractivity contribution is -0.128. The Kier molecular flexibility index (Phi) is 5.77. The Balaban J connectivity index is 1.86. The standard InChI is InChI=1S/C12H25N3O/c1-14(2)12(16)5-4-8-13-9-10-15(3)11-6-7-11/h11,13H,4-10H2,1-3H3. The van der Waals surface area contributed by atoms with Gasteiger partial charge in [-0.1, -0.05) is 0 Å². The van der Waals surface area contributed by atoms with Crippen molar-refractivity contribution in [3.8, 4) is 0 Å². The molecule has 0 radical (unpaired) electrons. The average molecular weight is 227 g/mol. The van der Waals surface area contributed by atoms with Crippen LogP contribution in [0.3, 0.4) is 0 Å². The van der Waals surface area contributed by atoms with E-state index in [0.717, 1.165) is 32.1 Å². The molecule has 0 heterocycles. The molecule has 0 bridgehead atoms. The van der Waals surface area contributed by atoms with Gasteiger partial charge in [-0.3, -0.25) is 4.79 Å². The molecule has 0 aliphatic heterocycles. The summed E-state index contributed by atoms with van der Waals surface area (Å²) in [6, 6.07) is 0.845. The molecule has 1 N–H and O–H groups in total. The highest BCUT2D eigenvalue weighted by Gasteiger charge is 2.25. The quantitative estimate of drug-likeness (QED) is 0.615. The van der Waals surface area contributed by atoms with E-state index in [0.29, 0.717) is 6.42 Å². The van der Waals surface area contributed by atoms with E-state index in [4.69, 9.17) is 0 Å². The molecule has 0 aromatic heterocycles. The van der Waals surface area contributed by atoms with Crippen LogP contribution in [-0.2, 0) is 4.79 Å². The summed E-state index contributed by atoms with van der Waals surface area (Å²) in [7, 11) is 5.80. The lowest BCUT2D eigenvalue weighted by atomic mass is 10.3. The number of carbonyl (C=O) groups is 1. The molecule has 1 aliphatic carbocycles. The Hall–Kier alpha value is -0.610. The van der Waals surface area contributed by atoms with Crippen LogP contribution >= 0.6 is 0 Å². The minimum absolute atomic E-state index is 0.219. The van der Waals surface area contributed by atoms with Crippen molar-refractivity contribution in [2.45, 2.75) is 31.7 Å². The fourth-order valence-corrected chi connectivity index (χ4v) is 1.67. The number of hydrogen-bond donors (Lipinski definition) is 1. The van der Waals surface area contributed by atoms with Gasteiger partial charge in [0.25, 0.3) is 0 Å². The number of amides is 1. The SMILES string of the molecule is CN(C)C(=O)CCCNCCN(C)C1CC1. The second-order valence-corrected chi connectivity index (χ2v) is 4.85. The van der Waals surface area contributed by atoms with Crippen LogP contribution < -0.4 is 5.32 Å². The molecule has 1 rings (SSSR count). The number of rotatable bonds is 8. The minimum Gasteiger partial charge on any atom is -0.349 e. The van der Waals surface area contributed by atoms with E-state index in [9.17, 15) is 4.79 Å². The minimum atomic E-state index is 0.219. The lowest BCUT2D eigenvalue weighted by Crippen LogP contribution is -2.31. The van der Waals surface area contributed by atoms with Gasteiger partial charge in [0.1, 0.15) is 0 Å². The lowest BCUT2D eigenvalue weighted by Gasteiger charge is -2.15. The maximum atomic E-state index is 11.3. The van der Waals surface area contributed by atoms with Crippen LogP contribution in [0.5, 0.6) is 0 Å². The van der Waals surface area contributed by atoms with Crippen LogP contribution in [-0.4, -0.2) is 62.5 Å². The Morgan fingerprint density at radius 3 is 2.50 bits per heavy atom.